The highest BCUT2D eigenvalue weighted by Crippen LogP contribution is 2.18. The van der Waals surface area contributed by atoms with Gasteiger partial charge in [0, 0.05) is 20.6 Å². The molecular formula is C16H19N3O5S2. The highest BCUT2D eigenvalue weighted by Gasteiger charge is 2.21. The zero-order valence-electron chi connectivity index (χ0n) is 14.6. The van der Waals surface area contributed by atoms with E-state index in [0.29, 0.717) is 10.4 Å². The van der Waals surface area contributed by atoms with Crippen LogP contribution in [0, 0.1) is 6.92 Å². The maximum Gasteiger partial charge on any atom is 0.350 e. The van der Waals surface area contributed by atoms with E-state index in [-0.39, 0.29) is 11.4 Å². The van der Waals surface area contributed by atoms with Gasteiger partial charge >= 0.3 is 5.97 Å². The molecule has 140 valence electrons. The number of esters is 1. The summed E-state index contributed by atoms with van der Waals surface area (Å²) in [5.74, 6) is -1.15. The van der Waals surface area contributed by atoms with Crippen LogP contribution in [-0.4, -0.2) is 50.3 Å². The van der Waals surface area contributed by atoms with Crippen LogP contribution in [0.3, 0.4) is 0 Å². The Morgan fingerprint density at radius 2 is 1.96 bits per heavy atom. The number of benzene rings is 1. The van der Waals surface area contributed by atoms with Crippen LogP contribution in [0.2, 0.25) is 0 Å². The molecule has 1 heterocycles. The summed E-state index contributed by atoms with van der Waals surface area (Å²) in [6, 6.07) is 6.38. The quantitative estimate of drug-likeness (QED) is 0.703. The van der Waals surface area contributed by atoms with Crippen molar-refractivity contribution in [2.45, 2.75) is 18.4 Å². The predicted molar refractivity (Wildman–Crippen MR) is 96.3 cm³/mol. The molecule has 2 rings (SSSR count). The highest BCUT2D eigenvalue weighted by atomic mass is 32.2. The fraction of sp³-hybridized carbons (Fsp3) is 0.312. The zero-order valence-corrected chi connectivity index (χ0v) is 16.2. The van der Waals surface area contributed by atoms with Crippen molar-refractivity contribution in [1.29, 1.82) is 0 Å². The first-order valence-corrected chi connectivity index (χ1v) is 9.84. The van der Waals surface area contributed by atoms with E-state index in [1.54, 1.807) is 25.1 Å². The van der Waals surface area contributed by atoms with E-state index in [1.807, 2.05) is 0 Å². The molecule has 8 nitrogen and oxygen atoms in total. The number of carbonyl (C=O) groups is 2. The van der Waals surface area contributed by atoms with Gasteiger partial charge in [0.05, 0.1) is 16.1 Å². The summed E-state index contributed by atoms with van der Waals surface area (Å²) in [6.07, 6.45) is 1.39. The SMILES string of the molecule is Cc1ncc(C(=O)OCC(=O)NCc2ccccc2S(=O)(=O)N(C)C)s1. The van der Waals surface area contributed by atoms with Crippen molar-refractivity contribution in [1.82, 2.24) is 14.6 Å². The molecule has 0 aliphatic heterocycles. The highest BCUT2D eigenvalue weighted by molar-refractivity contribution is 7.89. The van der Waals surface area contributed by atoms with Crippen molar-refractivity contribution in [3.05, 3.63) is 45.9 Å². The summed E-state index contributed by atoms with van der Waals surface area (Å²) < 4.78 is 30.6. The molecule has 1 N–H and O–H groups in total. The summed E-state index contributed by atoms with van der Waals surface area (Å²) in [4.78, 5) is 28.0. The molecule has 1 amide bonds. The van der Waals surface area contributed by atoms with Crippen LogP contribution in [0.4, 0.5) is 0 Å². The molecule has 0 bridgehead atoms. The second-order valence-electron chi connectivity index (χ2n) is 5.49. The van der Waals surface area contributed by atoms with E-state index >= 15 is 0 Å². The number of thiazole rings is 1. The first-order chi connectivity index (χ1) is 12.2. The number of ether oxygens (including phenoxy) is 1. The Morgan fingerprint density at radius 3 is 2.58 bits per heavy atom. The van der Waals surface area contributed by atoms with Gasteiger partial charge in [-0.25, -0.2) is 22.5 Å². The van der Waals surface area contributed by atoms with Crippen LogP contribution < -0.4 is 5.32 Å². The number of nitrogens with zero attached hydrogens (tertiary/aromatic N) is 2. The zero-order chi connectivity index (χ0) is 19.3. The Balaban J connectivity index is 1.95. The number of amides is 1. The fourth-order valence-electron chi connectivity index (χ4n) is 2.00. The molecule has 0 spiro atoms. The third-order valence-electron chi connectivity index (χ3n) is 3.36. The van der Waals surface area contributed by atoms with Gasteiger partial charge in [0.2, 0.25) is 10.0 Å². The Labute approximate surface area is 155 Å². The molecule has 0 aliphatic rings. The third kappa shape index (κ3) is 4.87. The van der Waals surface area contributed by atoms with Crippen molar-refractivity contribution in [3.63, 3.8) is 0 Å². The molecule has 0 saturated heterocycles. The minimum absolute atomic E-state index is 0.000702. The van der Waals surface area contributed by atoms with Crippen LogP contribution >= 0.6 is 11.3 Å². The first-order valence-electron chi connectivity index (χ1n) is 7.58. The van der Waals surface area contributed by atoms with E-state index in [2.05, 4.69) is 10.3 Å². The normalized spacial score (nSPS) is 11.4. The molecule has 26 heavy (non-hydrogen) atoms. The molecule has 0 atom stereocenters. The number of aryl methyl sites for hydroxylation is 1. The maximum absolute atomic E-state index is 12.3. The average molecular weight is 397 g/mol. The third-order valence-corrected chi connectivity index (χ3v) is 6.17. The van der Waals surface area contributed by atoms with E-state index in [4.69, 9.17) is 4.74 Å². The van der Waals surface area contributed by atoms with E-state index in [9.17, 15) is 18.0 Å². The fourth-order valence-corrected chi connectivity index (χ4v) is 3.79. The van der Waals surface area contributed by atoms with Crippen molar-refractivity contribution in [2.24, 2.45) is 0 Å². The first kappa shape index (κ1) is 20.0. The molecule has 0 radical (unpaired) electrons. The predicted octanol–water partition coefficient (Wildman–Crippen LogP) is 1.18. The lowest BCUT2D eigenvalue weighted by Crippen LogP contribution is -2.30. The van der Waals surface area contributed by atoms with Crippen LogP contribution in [0.5, 0.6) is 0 Å². The minimum atomic E-state index is -3.62. The standard InChI is InChI=1S/C16H19N3O5S2/c1-11-17-9-13(25-11)16(21)24-10-15(20)18-8-12-6-4-5-7-14(12)26(22,23)19(2)3/h4-7,9H,8,10H2,1-3H3,(H,18,20). The maximum atomic E-state index is 12.3. The number of hydrogen-bond donors (Lipinski definition) is 1. The number of sulfonamides is 1. The summed E-state index contributed by atoms with van der Waals surface area (Å²) in [6.45, 7) is 1.30. The van der Waals surface area contributed by atoms with Crippen molar-refractivity contribution >= 4 is 33.2 Å². The van der Waals surface area contributed by atoms with Crippen LogP contribution in [-0.2, 0) is 26.1 Å². The van der Waals surface area contributed by atoms with Crippen molar-refractivity contribution in [2.75, 3.05) is 20.7 Å². The molecule has 0 aliphatic carbocycles. The number of carbonyl (C=O) groups excluding carboxylic acids is 2. The van der Waals surface area contributed by atoms with Gasteiger partial charge < -0.3 is 10.1 Å². The largest absolute Gasteiger partial charge is 0.451 e. The smallest absolute Gasteiger partial charge is 0.350 e. The van der Waals surface area contributed by atoms with Gasteiger partial charge in [-0.15, -0.1) is 11.3 Å². The molecule has 2 aromatic rings. The molecule has 10 heteroatoms. The lowest BCUT2D eigenvalue weighted by Gasteiger charge is -2.15. The van der Waals surface area contributed by atoms with Gasteiger partial charge in [-0.2, -0.15) is 0 Å². The van der Waals surface area contributed by atoms with Gasteiger partial charge in [0.1, 0.15) is 4.88 Å². The summed E-state index contributed by atoms with van der Waals surface area (Å²) >= 11 is 1.18. The Morgan fingerprint density at radius 1 is 1.27 bits per heavy atom. The average Bonchev–Trinajstić information content (AvgIpc) is 3.04. The lowest BCUT2D eigenvalue weighted by molar-refractivity contribution is -0.124. The van der Waals surface area contributed by atoms with Crippen LogP contribution in [0.25, 0.3) is 0 Å². The van der Waals surface area contributed by atoms with Gasteiger partial charge in [-0.05, 0) is 18.6 Å². The van der Waals surface area contributed by atoms with Crippen LogP contribution in [0.1, 0.15) is 20.2 Å². The summed E-state index contributed by atoms with van der Waals surface area (Å²) in [5, 5.41) is 3.27. The second-order valence-corrected chi connectivity index (χ2v) is 8.85. The van der Waals surface area contributed by atoms with Crippen molar-refractivity contribution < 1.29 is 22.7 Å². The topological polar surface area (TPSA) is 106 Å². The molecule has 0 saturated carbocycles. The molecule has 1 aromatic carbocycles. The van der Waals surface area contributed by atoms with Gasteiger partial charge in [-0.3, -0.25) is 4.79 Å². The Hall–Kier alpha value is -2.30. The number of nitrogens with one attached hydrogen (secondary N) is 1. The van der Waals surface area contributed by atoms with E-state index in [1.165, 1.54) is 37.7 Å². The van der Waals surface area contributed by atoms with Gasteiger partial charge in [0.25, 0.3) is 5.91 Å². The second kappa shape index (κ2) is 8.39. The minimum Gasteiger partial charge on any atom is -0.451 e. The number of rotatable bonds is 7. The van der Waals surface area contributed by atoms with E-state index < -0.39 is 28.5 Å². The van der Waals surface area contributed by atoms with Gasteiger partial charge in [-0.1, -0.05) is 18.2 Å². The summed E-state index contributed by atoms with van der Waals surface area (Å²) in [7, 11) is -0.752. The molecule has 0 unspecified atom stereocenters. The molecule has 1 aromatic heterocycles. The Kier molecular flexibility index (Phi) is 6.46. The lowest BCUT2D eigenvalue weighted by atomic mass is 10.2. The number of hydrogen-bond acceptors (Lipinski definition) is 7. The van der Waals surface area contributed by atoms with E-state index in [0.717, 1.165) is 9.31 Å². The molecular weight excluding hydrogens is 378 g/mol. The molecule has 0 fully saturated rings. The van der Waals surface area contributed by atoms with Crippen molar-refractivity contribution in [3.8, 4) is 0 Å². The van der Waals surface area contributed by atoms with Gasteiger partial charge in [0.15, 0.2) is 6.61 Å². The Bertz CT molecular complexity index is 906. The monoisotopic (exact) mass is 397 g/mol. The van der Waals surface area contributed by atoms with Crippen LogP contribution in [0.15, 0.2) is 35.4 Å². The summed E-state index contributed by atoms with van der Waals surface area (Å²) in [5.41, 5.74) is 0.443. The number of aromatic nitrogens is 1.